The van der Waals surface area contributed by atoms with Crippen LogP contribution in [0.2, 0.25) is 0 Å². The molecule has 0 saturated carbocycles. The predicted molar refractivity (Wildman–Crippen MR) is 80.7 cm³/mol. The minimum atomic E-state index is 0.296. The normalized spacial score (nSPS) is 24.8. The highest BCUT2D eigenvalue weighted by Crippen LogP contribution is 2.34. The summed E-state index contributed by atoms with van der Waals surface area (Å²) in [6, 6.07) is 6.79. The lowest BCUT2D eigenvalue weighted by Gasteiger charge is -2.25. The molecule has 1 aliphatic rings. The average molecular weight is 241 g/mol. The van der Waals surface area contributed by atoms with Crippen LogP contribution in [0.3, 0.4) is 0 Å². The van der Waals surface area contributed by atoms with Crippen molar-refractivity contribution >= 4 is 12.2 Å². The molecule has 1 saturated heterocycles. The van der Waals surface area contributed by atoms with Gasteiger partial charge in [0.1, 0.15) is 0 Å². The van der Waals surface area contributed by atoms with E-state index in [-0.39, 0.29) is 0 Å². The number of allylic oxidation sites excluding steroid dienone is 1. The molecule has 1 heteroatoms. The Morgan fingerprint density at radius 2 is 2.11 bits per heavy atom. The number of hydrogen-bond donors (Lipinski definition) is 0. The largest absolute Gasteiger partial charge is 0.305 e. The van der Waals surface area contributed by atoms with Crippen molar-refractivity contribution in [2.24, 2.45) is 0 Å². The summed E-state index contributed by atoms with van der Waals surface area (Å²) in [6.45, 7) is 10.7. The summed E-state index contributed by atoms with van der Waals surface area (Å²) in [7, 11) is 2.20. The molecule has 1 heterocycles. The maximum atomic E-state index is 3.89. The van der Waals surface area contributed by atoms with Crippen molar-refractivity contribution in [3.05, 3.63) is 47.5 Å². The van der Waals surface area contributed by atoms with Crippen molar-refractivity contribution in [1.29, 1.82) is 0 Å². The van der Waals surface area contributed by atoms with Gasteiger partial charge in [-0.05, 0) is 43.6 Å². The van der Waals surface area contributed by atoms with Crippen LogP contribution in [0.4, 0.5) is 0 Å². The Hall–Kier alpha value is -1.34. The lowest BCUT2D eigenvalue weighted by atomic mass is 9.80. The third kappa shape index (κ3) is 2.41. The molecule has 0 N–H and O–H groups in total. The Balaban J connectivity index is 2.40. The van der Waals surface area contributed by atoms with Crippen molar-refractivity contribution in [3.63, 3.8) is 0 Å². The molecule has 96 valence electrons. The van der Waals surface area contributed by atoms with Gasteiger partial charge in [-0.1, -0.05) is 49.9 Å². The van der Waals surface area contributed by atoms with Gasteiger partial charge in [0.15, 0.2) is 0 Å². The van der Waals surface area contributed by atoms with E-state index in [2.05, 4.69) is 62.7 Å². The maximum Gasteiger partial charge on any atom is 0.00734 e. The Labute approximate surface area is 111 Å². The van der Waals surface area contributed by atoms with Gasteiger partial charge in [0.05, 0.1) is 0 Å². The second-order valence-electron chi connectivity index (χ2n) is 5.60. The van der Waals surface area contributed by atoms with Crippen molar-refractivity contribution in [1.82, 2.24) is 4.90 Å². The first kappa shape index (κ1) is 13.1. The van der Waals surface area contributed by atoms with Crippen LogP contribution in [0.25, 0.3) is 12.2 Å². The molecular weight excluding hydrogens is 218 g/mol. The fourth-order valence-electron chi connectivity index (χ4n) is 2.89. The van der Waals surface area contributed by atoms with E-state index in [0.29, 0.717) is 5.41 Å². The second-order valence-corrected chi connectivity index (χ2v) is 5.60. The van der Waals surface area contributed by atoms with Gasteiger partial charge in [-0.3, -0.25) is 0 Å². The number of hydrogen-bond acceptors (Lipinski definition) is 1. The zero-order chi connectivity index (χ0) is 13.2. The molecular formula is C17H23N. The van der Waals surface area contributed by atoms with Crippen LogP contribution < -0.4 is 0 Å². The fourth-order valence-corrected chi connectivity index (χ4v) is 2.89. The lowest BCUT2D eigenvalue weighted by Crippen LogP contribution is -2.26. The molecule has 0 unspecified atom stereocenters. The van der Waals surface area contributed by atoms with E-state index in [1.54, 1.807) is 0 Å². The third-order valence-corrected chi connectivity index (χ3v) is 4.01. The van der Waals surface area contributed by atoms with Gasteiger partial charge in [-0.25, -0.2) is 0 Å². The van der Waals surface area contributed by atoms with Crippen LogP contribution in [0, 0.1) is 0 Å². The van der Waals surface area contributed by atoms with Crippen molar-refractivity contribution in [2.75, 3.05) is 20.1 Å². The smallest absolute Gasteiger partial charge is 0.00734 e. The SMILES string of the molecule is C=Cc1ccc([C@]2(C)CCN(C)C2)cc1/C=C\C. The van der Waals surface area contributed by atoms with Gasteiger partial charge in [0.25, 0.3) is 0 Å². The second kappa shape index (κ2) is 5.11. The number of likely N-dealkylation sites (tertiary alicyclic amines) is 1. The zero-order valence-corrected chi connectivity index (χ0v) is 11.7. The molecule has 0 spiro atoms. The molecule has 1 aromatic rings. The molecule has 0 aromatic heterocycles. The average Bonchev–Trinajstić information content (AvgIpc) is 2.71. The molecule has 0 aliphatic carbocycles. The van der Waals surface area contributed by atoms with Crippen molar-refractivity contribution in [3.8, 4) is 0 Å². The van der Waals surface area contributed by atoms with Crippen molar-refractivity contribution < 1.29 is 0 Å². The summed E-state index contributed by atoms with van der Waals surface area (Å²) in [5, 5.41) is 0. The molecule has 18 heavy (non-hydrogen) atoms. The Kier molecular flexibility index (Phi) is 3.72. The Morgan fingerprint density at radius 3 is 2.67 bits per heavy atom. The van der Waals surface area contributed by atoms with Gasteiger partial charge in [0.2, 0.25) is 0 Å². The van der Waals surface area contributed by atoms with Crippen LogP contribution in [-0.2, 0) is 5.41 Å². The summed E-state index contributed by atoms with van der Waals surface area (Å²) in [5.41, 5.74) is 4.24. The monoisotopic (exact) mass is 241 g/mol. The molecule has 1 nitrogen and oxygen atoms in total. The highest BCUT2D eigenvalue weighted by molar-refractivity contribution is 5.65. The molecule has 1 aliphatic heterocycles. The maximum absolute atomic E-state index is 3.89. The highest BCUT2D eigenvalue weighted by Gasteiger charge is 2.33. The number of rotatable bonds is 3. The Morgan fingerprint density at radius 1 is 1.33 bits per heavy atom. The topological polar surface area (TPSA) is 3.24 Å². The standard InChI is InChI=1S/C17H23N/c1-5-7-15-12-16(9-8-14(15)6-2)17(3)10-11-18(4)13-17/h5-9,12H,2,10-11,13H2,1,3-4H3/b7-5-/t17-/m1/s1. The summed E-state index contributed by atoms with van der Waals surface area (Å²) >= 11 is 0. The molecule has 1 aromatic carbocycles. The predicted octanol–water partition coefficient (Wildman–Crippen LogP) is 3.96. The quantitative estimate of drug-likeness (QED) is 0.774. The van der Waals surface area contributed by atoms with Crippen LogP contribution in [0.15, 0.2) is 30.9 Å². The zero-order valence-electron chi connectivity index (χ0n) is 11.7. The minimum absolute atomic E-state index is 0.296. The molecule has 1 fully saturated rings. The number of nitrogens with zero attached hydrogens (tertiary/aromatic N) is 1. The summed E-state index contributed by atoms with van der Waals surface area (Å²) in [4.78, 5) is 2.41. The van der Waals surface area contributed by atoms with Crippen LogP contribution in [0.5, 0.6) is 0 Å². The first-order valence-corrected chi connectivity index (χ1v) is 6.67. The third-order valence-electron chi connectivity index (χ3n) is 4.01. The number of likely N-dealkylation sites (N-methyl/N-ethyl adjacent to an activating group) is 1. The van der Waals surface area contributed by atoms with Gasteiger partial charge in [-0.15, -0.1) is 0 Å². The Bertz CT molecular complexity index is 472. The van der Waals surface area contributed by atoms with Crippen LogP contribution >= 0.6 is 0 Å². The molecule has 0 radical (unpaired) electrons. The summed E-state index contributed by atoms with van der Waals surface area (Å²) < 4.78 is 0. The van der Waals surface area contributed by atoms with Gasteiger partial charge < -0.3 is 4.90 Å². The van der Waals surface area contributed by atoms with Gasteiger partial charge in [-0.2, -0.15) is 0 Å². The summed E-state index contributed by atoms with van der Waals surface area (Å²) in [6.07, 6.45) is 7.44. The number of benzene rings is 1. The van der Waals surface area contributed by atoms with E-state index in [4.69, 9.17) is 0 Å². The first-order chi connectivity index (χ1) is 8.59. The van der Waals surface area contributed by atoms with Gasteiger partial charge in [0, 0.05) is 12.0 Å². The van der Waals surface area contributed by atoms with E-state index >= 15 is 0 Å². The van der Waals surface area contributed by atoms with Crippen molar-refractivity contribution in [2.45, 2.75) is 25.7 Å². The molecule has 2 rings (SSSR count). The first-order valence-electron chi connectivity index (χ1n) is 6.67. The van der Waals surface area contributed by atoms with E-state index in [1.165, 1.54) is 29.7 Å². The van der Waals surface area contributed by atoms with Crippen LogP contribution in [-0.4, -0.2) is 25.0 Å². The van der Waals surface area contributed by atoms with E-state index in [9.17, 15) is 0 Å². The van der Waals surface area contributed by atoms with E-state index in [0.717, 1.165) is 6.54 Å². The van der Waals surface area contributed by atoms with E-state index in [1.807, 2.05) is 6.08 Å². The molecule has 0 amide bonds. The van der Waals surface area contributed by atoms with Crippen LogP contribution in [0.1, 0.15) is 37.0 Å². The molecule has 1 atom stereocenters. The van der Waals surface area contributed by atoms with E-state index < -0.39 is 0 Å². The fraction of sp³-hybridized carbons (Fsp3) is 0.412. The lowest BCUT2D eigenvalue weighted by molar-refractivity contribution is 0.381. The molecule has 0 bridgehead atoms. The highest BCUT2D eigenvalue weighted by atomic mass is 15.1. The minimum Gasteiger partial charge on any atom is -0.305 e. The van der Waals surface area contributed by atoms with Gasteiger partial charge >= 0.3 is 0 Å². The summed E-state index contributed by atoms with van der Waals surface area (Å²) in [5.74, 6) is 0.